The van der Waals surface area contributed by atoms with Crippen LogP contribution >= 0.6 is 0 Å². The van der Waals surface area contributed by atoms with Gasteiger partial charge in [-0.25, -0.2) is 4.98 Å². The lowest BCUT2D eigenvalue weighted by Gasteiger charge is -2.33. The van der Waals surface area contributed by atoms with Gasteiger partial charge in [-0.05, 0) is 31.4 Å². The minimum Gasteiger partial charge on any atom is -0.438 e. The number of aryl methyl sites for hydroxylation is 1. The van der Waals surface area contributed by atoms with E-state index in [4.69, 9.17) is 4.42 Å². The van der Waals surface area contributed by atoms with Gasteiger partial charge in [0.15, 0.2) is 6.39 Å². The molecular weight excluding hydrogens is 318 g/mol. The van der Waals surface area contributed by atoms with E-state index in [0.29, 0.717) is 18.7 Å². The Bertz CT molecular complexity index is 844. The first-order valence-corrected chi connectivity index (χ1v) is 8.71. The molecule has 4 rings (SSSR count). The molecule has 1 N–H and O–H groups in total. The zero-order chi connectivity index (χ0) is 17.6. The predicted molar refractivity (Wildman–Crippen MR) is 92.3 cm³/mol. The molecule has 2 aliphatic heterocycles. The van der Waals surface area contributed by atoms with Gasteiger partial charge in [-0.1, -0.05) is 31.5 Å². The maximum atomic E-state index is 13.0. The maximum Gasteiger partial charge on any atom is 0.291 e. The maximum absolute atomic E-state index is 13.0. The summed E-state index contributed by atoms with van der Waals surface area (Å²) in [4.78, 5) is 31.8. The highest BCUT2D eigenvalue weighted by molar-refractivity contribution is 6.08. The van der Waals surface area contributed by atoms with Crippen molar-refractivity contribution in [1.29, 1.82) is 0 Å². The number of fused-ring (bicyclic) bond motifs is 2. The summed E-state index contributed by atoms with van der Waals surface area (Å²) in [5.41, 5.74) is 1.77. The molecule has 0 aliphatic carbocycles. The number of oxazole rings is 1. The summed E-state index contributed by atoms with van der Waals surface area (Å²) in [5.74, 6) is 0.0871. The molecule has 1 spiro atoms. The molecule has 0 saturated carbocycles. The number of benzene rings is 1. The fourth-order valence-corrected chi connectivity index (χ4v) is 4.36. The smallest absolute Gasteiger partial charge is 0.291 e. The summed E-state index contributed by atoms with van der Waals surface area (Å²) in [7, 11) is 0. The lowest BCUT2D eigenvalue weighted by Crippen LogP contribution is -2.48. The van der Waals surface area contributed by atoms with Crippen LogP contribution in [-0.2, 0) is 10.2 Å². The Hall–Kier alpha value is -2.63. The van der Waals surface area contributed by atoms with E-state index in [1.807, 2.05) is 24.3 Å². The molecule has 1 saturated heterocycles. The summed E-state index contributed by atoms with van der Waals surface area (Å²) in [6.07, 6.45) is 3.57. The Morgan fingerprint density at radius 1 is 1.44 bits per heavy atom. The molecule has 1 aromatic heterocycles. The largest absolute Gasteiger partial charge is 0.438 e. The Balaban J connectivity index is 1.78. The molecule has 1 aromatic carbocycles. The molecule has 3 heterocycles. The van der Waals surface area contributed by atoms with Crippen molar-refractivity contribution in [3.05, 3.63) is 47.7 Å². The predicted octanol–water partition coefficient (Wildman–Crippen LogP) is 2.89. The molecule has 0 radical (unpaired) electrons. The number of carbonyl (C=O) groups excluding carboxylic acids is 2. The van der Waals surface area contributed by atoms with Crippen LogP contribution in [0.1, 0.15) is 48.0 Å². The molecular formula is C19H21N3O3. The number of hydrogen-bond donors (Lipinski definition) is 1. The number of aromatic nitrogens is 1. The number of likely N-dealkylation sites (tertiary alicyclic amines) is 1. The Kier molecular flexibility index (Phi) is 3.63. The second-order valence-corrected chi connectivity index (χ2v) is 6.79. The van der Waals surface area contributed by atoms with Crippen molar-refractivity contribution in [2.45, 2.75) is 44.6 Å². The number of rotatable bonds is 3. The van der Waals surface area contributed by atoms with Crippen LogP contribution in [-0.4, -0.2) is 34.3 Å². The number of carbonyl (C=O) groups is 2. The molecule has 0 unspecified atom stereocenters. The van der Waals surface area contributed by atoms with E-state index in [9.17, 15) is 9.59 Å². The van der Waals surface area contributed by atoms with Gasteiger partial charge in [-0.2, -0.15) is 0 Å². The summed E-state index contributed by atoms with van der Waals surface area (Å²) < 4.78 is 5.31. The van der Waals surface area contributed by atoms with E-state index >= 15 is 0 Å². The van der Waals surface area contributed by atoms with Gasteiger partial charge in [0.05, 0.1) is 17.2 Å². The zero-order valence-electron chi connectivity index (χ0n) is 14.4. The number of para-hydroxylation sites is 1. The Labute approximate surface area is 146 Å². The highest BCUT2D eigenvalue weighted by atomic mass is 16.3. The molecule has 2 aromatic rings. The fourth-order valence-electron chi connectivity index (χ4n) is 4.36. The van der Waals surface area contributed by atoms with E-state index in [1.54, 1.807) is 11.8 Å². The van der Waals surface area contributed by atoms with Gasteiger partial charge in [-0.15, -0.1) is 0 Å². The summed E-state index contributed by atoms with van der Waals surface area (Å²) in [6, 6.07) is 7.62. The second kappa shape index (κ2) is 5.72. The highest BCUT2D eigenvalue weighted by Crippen LogP contribution is 2.49. The molecule has 2 amide bonds. The molecule has 0 bridgehead atoms. The van der Waals surface area contributed by atoms with Crippen LogP contribution in [0.4, 0.5) is 5.69 Å². The Morgan fingerprint density at radius 2 is 2.24 bits per heavy atom. The van der Waals surface area contributed by atoms with Crippen molar-refractivity contribution in [3.8, 4) is 0 Å². The van der Waals surface area contributed by atoms with Crippen LogP contribution in [0.5, 0.6) is 0 Å². The van der Waals surface area contributed by atoms with E-state index in [0.717, 1.165) is 24.1 Å². The standard InChI is InChI=1S/C19H21N3O3/c1-3-6-15-19(13-7-4-5-8-14(13)21-18(19)24)9-10-22(15)17(23)16-12(2)20-11-25-16/h4-5,7-8,11,15H,3,6,9-10H2,1-2H3,(H,21,24)/t15-,19+/m0/s1. The van der Waals surface area contributed by atoms with Gasteiger partial charge in [0.2, 0.25) is 11.7 Å². The van der Waals surface area contributed by atoms with Gasteiger partial charge in [0.1, 0.15) is 0 Å². The third-order valence-corrected chi connectivity index (χ3v) is 5.52. The van der Waals surface area contributed by atoms with E-state index in [2.05, 4.69) is 17.2 Å². The molecule has 130 valence electrons. The topological polar surface area (TPSA) is 75.4 Å². The van der Waals surface area contributed by atoms with E-state index in [1.165, 1.54) is 6.39 Å². The zero-order valence-corrected chi connectivity index (χ0v) is 14.4. The van der Waals surface area contributed by atoms with E-state index < -0.39 is 5.41 Å². The van der Waals surface area contributed by atoms with Crippen LogP contribution in [0.15, 0.2) is 35.1 Å². The fraction of sp³-hybridized carbons (Fsp3) is 0.421. The summed E-state index contributed by atoms with van der Waals surface area (Å²) in [6.45, 7) is 4.37. The average molecular weight is 339 g/mol. The molecule has 6 heteroatoms. The molecule has 6 nitrogen and oxygen atoms in total. The Morgan fingerprint density at radius 3 is 2.96 bits per heavy atom. The van der Waals surface area contributed by atoms with Crippen LogP contribution in [0.25, 0.3) is 0 Å². The molecule has 2 aliphatic rings. The van der Waals surface area contributed by atoms with Gasteiger partial charge < -0.3 is 14.6 Å². The van der Waals surface area contributed by atoms with Crippen molar-refractivity contribution in [3.63, 3.8) is 0 Å². The van der Waals surface area contributed by atoms with Crippen LogP contribution in [0.3, 0.4) is 0 Å². The molecule has 1 fully saturated rings. The van der Waals surface area contributed by atoms with Gasteiger partial charge >= 0.3 is 0 Å². The first kappa shape index (κ1) is 15.9. The summed E-state index contributed by atoms with van der Waals surface area (Å²) >= 11 is 0. The second-order valence-electron chi connectivity index (χ2n) is 6.79. The lowest BCUT2D eigenvalue weighted by molar-refractivity contribution is -0.121. The number of nitrogens with zero attached hydrogens (tertiary/aromatic N) is 2. The van der Waals surface area contributed by atoms with Gasteiger partial charge in [0.25, 0.3) is 5.91 Å². The minimum absolute atomic E-state index is 0.00302. The number of amides is 2. The van der Waals surface area contributed by atoms with Crippen molar-refractivity contribution < 1.29 is 14.0 Å². The van der Waals surface area contributed by atoms with Crippen molar-refractivity contribution in [1.82, 2.24) is 9.88 Å². The first-order chi connectivity index (χ1) is 12.1. The van der Waals surface area contributed by atoms with Crippen LogP contribution < -0.4 is 5.32 Å². The number of hydrogen-bond acceptors (Lipinski definition) is 4. The van der Waals surface area contributed by atoms with E-state index in [-0.39, 0.29) is 23.6 Å². The van der Waals surface area contributed by atoms with Crippen molar-refractivity contribution in [2.75, 3.05) is 11.9 Å². The van der Waals surface area contributed by atoms with Gasteiger partial charge in [0, 0.05) is 12.2 Å². The highest BCUT2D eigenvalue weighted by Gasteiger charge is 2.58. The number of nitrogens with one attached hydrogen (secondary N) is 1. The van der Waals surface area contributed by atoms with Gasteiger partial charge in [-0.3, -0.25) is 9.59 Å². The quantitative estimate of drug-likeness (QED) is 0.933. The summed E-state index contributed by atoms with van der Waals surface area (Å²) in [5, 5.41) is 3.01. The van der Waals surface area contributed by atoms with Crippen LogP contribution in [0.2, 0.25) is 0 Å². The minimum atomic E-state index is -0.670. The average Bonchev–Trinajstić information content (AvgIpc) is 3.27. The lowest BCUT2D eigenvalue weighted by atomic mass is 9.73. The normalized spacial score (nSPS) is 24.6. The third kappa shape index (κ3) is 2.13. The SMILES string of the molecule is CCC[C@@H]1N(C(=O)c2ocnc2C)CC[C@]12C(=O)Nc1ccccc12. The van der Waals surface area contributed by atoms with Crippen LogP contribution in [0, 0.1) is 6.92 Å². The first-order valence-electron chi connectivity index (χ1n) is 8.71. The third-order valence-electron chi connectivity index (χ3n) is 5.52. The van der Waals surface area contributed by atoms with Crippen molar-refractivity contribution in [2.24, 2.45) is 0 Å². The molecule has 25 heavy (non-hydrogen) atoms. The number of anilines is 1. The molecule has 2 atom stereocenters. The monoisotopic (exact) mass is 339 g/mol. The van der Waals surface area contributed by atoms with Crippen molar-refractivity contribution >= 4 is 17.5 Å².